The Bertz CT molecular complexity index is 900. The van der Waals surface area contributed by atoms with Gasteiger partial charge in [-0.3, -0.25) is 0 Å². The molecule has 0 radical (unpaired) electrons. The first kappa shape index (κ1) is 22.6. The molecule has 0 unspecified atom stereocenters. The van der Waals surface area contributed by atoms with E-state index < -0.39 is 0 Å². The number of aliphatic imine (C=N–C) groups is 2. The lowest BCUT2D eigenvalue weighted by Crippen LogP contribution is -2.17. The lowest BCUT2D eigenvalue weighted by atomic mass is 9.99. The monoisotopic (exact) mass is 409 g/mol. The molecule has 0 amide bonds. The van der Waals surface area contributed by atoms with E-state index in [2.05, 4.69) is 53.7 Å². The molecule has 0 fully saturated rings. The molecule has 1 aliphatic rings. The average Bonchev–Trinajstić information content (AvgIpc) is 2.98. The summed E-state index contributed by atoms with van der Waals surface area (Å²) >= 11 is 6.22. The summed E-state index contributed by atoms with van der Waals surface area (Å²) in [6.45, 7) is 9.29. The lowest BCUT2D eigenvalue weighted by molar-refractivity contribution is 0.397. The zero-order valence-electron chi connectivity index (χ0n) is 17.3. The van der Waals surface area contributed by atoms with Crippen molar-refractivity contribution >= 4 is 24.3 Å². The van der Waals surface area contributed by atoms with Crippen molar-refractivity contribution in [1.29, 1.82) is 0 Å². The lowest BCUT2D eigenvalue weighted by Gasteiger charge is -2.10. The van der Waals surface area contributed by atoms with Crippen molar-refractivity contribution < 1.29 is 4.74 Å². The molecular formula is C24H28ClN3O. The molecule has 0 bridgehead atoms. The number of allylic oxidation sites excluding steroid dienone is 4. The van der Waals surface area contributed by atoms with Crippen molar-refractivity contribution in [3.63, 3.8) is 0 Å². The number of nitrogens with zero attached hydrogens (tertiary/aromatic N) is 2. The fourth-order valence-corrected chi connectivity index (χ4v) is 2.96. The van der Waals surface area contributed by atoms with Crippen LogP contribution in [-0.2, 0) is 11.2 Å². The van der Waals surface area contributed by atoms with Gasteiger partial charge in [0.25, 0.3) is 0 Å². The minimum atomic E-state index is 0.227. The number of ether oxygens (including phenoxy) is 1. The minimum Gasteiger partial charge on any atom is -0.467 e. The van der Waals surface area contributed by atoms with Crippen LogP contribution < -0.4 is 5.32 Å². The standard InChI is InChI=1S/C24H28ClN3O/c1-18(2)20-10-5-6-11-21(17-20)23(28-24(26-3)29-4)14-16-27-15-13-19-9-7-8-12-22(19)25/h5,7-12,14,17-18,27H,3,13,15-16H2,1-2,4H3/b23-14-,28-24?. The van der Waals surface area contributed by atoms with Crippen LogP contribution in [0.5, 0.6) is 0 Å². The summed E-state index contributed by atoms with van der Waals surface area (Å²) in [7, 11) is 1.53. The average molecular weight is 410 g/mol. The maximum Gasteiger partial charge on any atom is 0.316 e. The predicted molar refractivity (Wildman–Crippen MR) is 124 cm³/mol. The summed E-state index contributed by atoms with van der Waals surface area (Å²) in [4.78, 5) is 8.36. The number of rotatable bonds is 8. The quantitative estimate of drug-likeness (QED) is 0.274. The molecule has 0 heterocycles. The minimum absolute atomic E-state index is 0.227. The van der Waals surface area contributed by atoms with Gasteiger partial charge in [-0.15, -0.1) is 5.73 Å². The van der Waals surface area contributed by atoms with E-state index in [1.54, 1.807) is 0 Å². The number of benzene rings is 1. The Labute approximate surface area is 178 Å². The maximum absolute atomic E-state index is 6.22. The number of nitrogens with one attached hydrogen (secondary N) is 1. The van der Waals surface area contributed by atoms with Gasteiger partial charge >= 0.3 is 6.02 Å². The number of amidine groups is 1. The molecule has 29 heavy (non-hydrogen) atoms. The maximum atomic E-state index is 6.22. The van der Waals surface area contributed by atoms with Crippen molar-refractivity contribution in [1.82, 2.24) is 5.32 Å². The van der Waals surface area contributed by atoms with Gasteiger partial charge in [-0.2, -0.15) is 4.99 Å². The third kappa shape index (κ3) is 7.35. The van der Waals surface area contributed by atoms with Crippen molar-refractivity contribution in [2.75, 3.05) is 20.2 Å². The summed E-state index contributed by atoms with van der Waals surface area (Å²) in [5.74, 6) is 0.396. The second kappa shape index (κ2) is 12.0. The highest BCUT2D eigenvalue weighted by atomic mass is 35.5. The summed E-state index contributed by atoms with van der Waals surface area (Å²) < 4.78 is 5.19. The predicted octanol–water partition coefficient (Wildman–Crippen LogP) is 5.29. The van der Waals surface area contributed by atoms with E-state index in [1.807, 2.05) is 42.5 Å². The zero-order chi connectivity index (χ0) is 21.1. The Balaban J connectivity index is 2.14. The molecule has 1 aromatic rings. The smallest absolute Gasteiger partial charge is 0.316 e. The molecular weight excluding hydrogens is 382 g/mol. The van der Waals surface area contributed by atoms with Crippen LogP contribution in [0.1, 0.15) is 19.4 Å². The molecule has 0 saturated heterocycles. The van der Waals surface area contributed by atoms with Gasteiger partial charge in [-0.25, -0.2) is 4.99 Å². The van der Waals surface area contributed by atoms with Gasteiger partial charge < -0.3 is 10.1 Å². The Hall–Kier alpha value is -2.65. The highest BCUT2D eigenvalue weighted by Gasteiger charge is 2.08. The fourth-order valence-electron chi connectivity index (χ4n) is 2.73. The number of hydrogen-bond donors (Lipinski definition) is 1. The van der Waals surface area contributed by atoms with E-state index in [-0.39, 0.29) is 6.02 Å². The molecule has 0 saturated carbocycles. The van der Waals surface area contributed by atoms with Crippen LogP contribution in [0.3, 0.4) is 0 Å². The molecule has 0 aliphatic heterocycles. The fraction of sp³-hybridized carbons (Fsp3) is 0.292. The highest BCUT2D eigenvalue weighted by Crippen LogP contribution is 2.22. The summed E-state index contributed by atoms with van der Waals surface area (Å²) in [5, 5.41) is 4.21. The van der Waals surface area contributed by atoms with Gasteiger partial charge in [0, 0.05) is 17.1 Å². The first-order chi connectivity index (χ1) is 14.0. The zero-order valence-corrected chi connectivity index (χ0v) is 18.0. The van der Waals surface area contributed by atoms with Crippen LogP contribution >= 0.6 is 11.6 Å². The Morgan fingerprint density at radius 1 is 1.34 bits per heavy atom. The molecule has 0 spiro atoms. The molecule has 1 aliphatic carbocycles. The second-order valence-electron chi connectivity index (χ2n) is 6.79. The van der Waals surface area contributed by atoms with Crippen LogP contribution in [0, 0.1) is 5.92 Å². The summed E-state index contributed by atoms with van der Waals surface area (Å²) in [6, 6.07) is 8.13. The molecule has 5 heteroatoms. The van der Waals surface area contributed by atoms with Gasteiger partial charge in [0.1, 0.15) is 0 Å². The first-order valence-corrected chi connectivity index (χ1v) is 10.0. The van der Waals surface area contributed by atoms with E-state index in [1.165, 1.54) is 12.7 Å². The largest absolute Gasteiger partial charge is 0.467 e. The normalized spacial score (nSPS) is 14.5. The van der Waals surface area contributed by atoms with Gasteiger partial charge in [0.15, 0.2) is 0 Å². The van der Waals surface area contributed by atoms with Crippen molar-refractivity contribution in [3.05, 3.63) is 87.8 Å². The molecule has 1 N–H and O–H groups in total. The highest BCUT2D eigenvalue weighted by molar-refractivity contribution is 6.31. The number of methoxy groups -OCH3 is 1. The molecule has 0 aromatic heterocycles. The second-order valence-corrected chi connectivity index (χ2v) is 7.20. The molecule has 1 aromatic carbocycles. The van der Waals surface area contributed by atoms with Crippen LogP contribution in [0.4, 0.5) is 0 Å². The summed E-state index contributed by atoms with van der Waals surface area (Å²) in [5.41, 5.74) is 7.22. The van der Waals surface area contributed by atoms with E-state index in [0.717, 1.165) is 34.8 Å². The molecule has 4 nitrogen and oxygen atoms in total. The van der Waals surface area contributed by atoms with Crippen molar-refractivity contribution in [3.8, 4) is 0 Å². The van der Waals surface area contributed by atoms with Gasteiger partial charge in [-0.05, 0) is 67.1 Å². The third-order valence-electron chi connectivity index (χ3n) is 4.40. The van der Waals surface area contributed by atoms with Gasteiger partial charge in [0.05, 0.1) is 12.8 Å². The Morgan fingerprint density at radius 3 is 2.83 bits per heavy atom. The van der Waals surface area contributed by atoms with Crippen LogP contribution in [0.15, 0.2) is 87.2 Å². The van der Waals surface area contributed by atoms with Crippen LogP contribution in [0.25, 0.3) is 0 Å². The van der Waals surface area contributed by atoms with Gasteiger partial charge in [0.2, 0.25) is 0 Å². The van der Waals surface area contributed by atoms with E-state index in [9.17, 15) is 0 Å². The Morgan fingerprint density at radius 2 is 2.14 bits per heavy atom. The Kier molecular flexibility index (Phi) is 9.39. The van der Waals surface area contributed by atoms with Crippen molar-refractivity contribution in [2.24, 2.45) is 15.9 Å². The SMILES string of the molecule is C=NC(=N/C(=C\CNCCc1ccccc1Cl)C1=CC(C(C)C)=CC=C=C1)OC. The van der Waals surface area contributed by atoms with Gasteiger partial charge in [-0.1, -0.05) is 49.7 Å². The molecule has 152 valence electrons. The first-order valence-electron chi connectivity index (χ1n) is 9.63. The number of halogens is 1. The topological polar surface area (TPSA) is 46.0 Å². The third-order valence-corrected chi connectivity index (χ3v) is 4.77. The molecule has 2 rings (SSSR count). The van der Waals surface area contributed by atoms with Crippen LogP contribution in [-0.4, -0.2) is 32.9 Å². The molecule has 0 atom stereocenters. The number of hydrogen-bond acceptors (Lipinski definition) is 3. The van der Waals surface area contributed by atoms with Crippen LogP contribution in [0.2, 0.25) is 5.02 Å². The van der Waals surface area contributed by atoms with E-state index in [0.29, 0.717) is 12.5 Å². The van der Waals surface area contributed by atoms with Crippen molar-refractivity contribution in [2.45, 2.75) is 20.3 Å². The van der Waals surface area contributed by atoms with E-state index >= 15 is 0 Å². The summed E-state index contributed by atoms with van der Waals surface area (Å²) in [6.07, 6.45) is 10.9. The van der Waals surface area contributed by atoms with E-state index in [4.69, 9.17) is 16.3 Å².